The van der Waals surface area contributed by atoms with Crippen LogP contribution in [0.4, 0.5) is 4.79 Å². The Balaban J connectivity index is 2.02. The molecule has 0 bridgehead atoms. The quantitative estimate of drug-likeness (QED) is 0.607. The monoisotopic (exact) mass is 423 g/mol. The zero-order valence-electron chi connectivity index (χ0n) is 17.5. The van der Waals surface area contributed by atoms with Crippen molar-refractivity contribution in [3.8, 4) is 17.1 Å². The number of aryl methyl sites for hydroxylation is 1. The van der Waals surface area contributed by atoms with Crippen LogP contribution in [0.15, 0.2) is 53.7 Å². The maximum atomic E-state index is 11.9. The van der Waals surface area contributed by atoms with E-state index in [1.165, 1.54) is 17.3 Å². The van der Waals surface area contributed by atoms with Crippen molar-refractivity contribution in [2.24, 2.45) is 5.73 Å². The second-order valence-corrected chi connectivity index (χ2v) is 8.90. The van der Waals surface area contributed by atoms with Gasteiger partial charge in [-0.3, -0.25) is 14.7 Å². The minimum atomic E-state index is -0.874. The number of rotatable bonds is 5. The molecule has 1 heterocycles. The lowest BCUT2D eigenvalue weighted by Gasteiger charge is -2.19. The lowest BCUT2D eigenvalue weighted by atomic mass is 9.87. The van der Waals surface area contributed by atoms with E-state index in [0.717, 1.165) is 16.8 Å². The highest BCUT2D eigenvalue weighted by Gasteiger charge is 2.20. The number of primary amides is 1. The number of amides is 3. The number of thioether (sulfide) groups is 1. The van der Waals surface area contributed by atoms with Crippen LogP contribution >= 0.6 is 11.8 Å². The summed E-state index contributed by atoms with van der Waals surface area (Å²) in [5, 5.41) is 11.3. The van der Waals surface area contributed by atoms with E-state index in [2.05, 4.69) is 48.4 Å². The Bertz CT molecular complexity index is 1070. The molecular formula is C22H25N5O2S. The van der Waals surface area contributed by atoms with E-state index in [1.807, 2.05) is 47.9 Å². The van der Waals surface area contributed by atoms with Gasteiger partial charge in [-0.1, -0.05) is 75.0 Å². The van der Waals surface area contributed by atoms with Gasteiger partial charge in [-0.15, -0.1) is 10.2 Å². The number of nitrogens with one attached hydrogen (secondary N) is 1. The molecule has 3 rings (SSSR count). The normalized spacial score (nSPS) is 11.3. The molecule has 0 spiro atoms. The molecule has 0 saturated heterocycles. The molecule has 0 fully saturated rings. The largest absolute Gasteiger partial charge is 0.351 e. The van der Waals surface area contributed by atoms with Gasteiger partial charge in [0.05, 0.1) is 11.4 Å². The second-order valence-electron chi connectivity index (χ2n) is 7.96. The molecule has 0 saturated carbocycles. The Hall–Kier alpha value is -3.13. The minimum absolute atomic E-state index is 0.00405. The lowest BCUT2D eigenvalue weighted by Crippen LogP contribution is -2.36. The van der Waals surface area contributed by atoms with E-state index in [1.54, 1.807) is 0 Å². The van der Waals surface area contributed by atoms with Crippen LogP contribution in [-0.4, -0.2) is 32.5 Å². The van der Waals surface area contributed by atoms with Gasteiger partial charge in [0.25, 0.3) is 0 Å². The molecule has 3 amide bonds. The van der Waals surface area contributed by atoms with Crippen LogP contribution in [0.2, 0.25) is 0 Å². The van der Waals surface area contributed by atoms with Crippen molar-refractivity contribution >= 4 is 23.7 Å². The maximum absolute atomic E-state index is 11.9. The van der Waals surface area contributed by atoms with Crippen LogP contribution in [-0.2, 0) is 10.2 Å². The molecule has 0 atom stereocenters. The summed E-state index contributed by atoms with van der Waals surface area (Å²) in [4.78, 5) is 22.7. The average Bonchev–Trinajstić information content (AvgIpc) is 3.09. The van der Waals surface area contributed by atoms with E-state index in [4.69, 9.17) is 5.73 Å². The summed E-state index contributed by atoms with van der Waals surface area (Å²) < 4.78 is 1.93. The van der Waals surface area contributed by atoms with Gasteiger partial charge in [0.2, 0.25) is 5.91 Å². The number of hydrogen-bond acceptors (Lipinski definition) is 5. The molecule has 30 heavy (non-hydrogen) atoms. The number of carbonyl (C=O) groups is 2. The van der Waals surface area contributed by atoms with Crippen molar-refractivity contribution in [3.05, 3.63) is 59.7 Å². The van der Waals surface area contributed by atoms with Crippen molar-refractivity contribution < 1.29 is 9.59 Å². The van der Waals surface area contributed by atoms with Gasteiger partial charge in [-0.25, -0.2) is 4.79 Å². The molecule has 0 aliphatic rings. The smallest absolute Gasteiger partial charge is 0.318 e. The molecule has 0 radical (unpaired) electrons. The SMILES string of the molecule is Cc1ccccc1-n1c(SCC(=O)NC(N)=O)nnc1-c1ccc(C(C)(C)C)cc1. The van der Waals surface area contributed by atoms with Gasteiger partial charge in [0.15, 0.2) is 11.0 Å². The van der Waals surface area contributed by atoms with E-state index in [0.29, 0.717) is 11.0 Å². The van der Waals surface area contributed by atoms with Gasteiger partial charge < -0.3 is 5.73 Å². The van der Waals surface area contributed by atoms with Crippen LogP contribution in [0.3, 0.4) is 0 Å². The number of urea groups is 1. The molecule has 7 nitrogen and oxygen atoms in total. The van der Waals surface area contributed by atoms with Crippen LogP contribution in [0.1, 0.15) is 31.9 Å². The Kier molecular flexibility index (Phi) is 6.26. The zero-order chi connectivity index (χ0) is 21.9. The Morgan fingerprint density at radius 3 is 2.33 bits per heavy atom. The summed E-state index contributed by atoms with van der Waals surface area (Å²) in [5.74, 6) is 0.195. The third-order valence-electron chi connectivity index (χ3n) is 4.59. The Labute approximate surface area is 180 Å². The second kappa shape index (κ2) is 8.71. The fourth-order valence-electron chi connectivity index (χ4n) is 3.00. The number of imide groups is 1. The first-order chi connectivity index (χ1) is 14.2. The highest BCUT2D eigenvalue weighted by molar-refractivity contribution is 7.99. The standard InChI is InChI=1S/C22H25N5O2S/c1-14-7-5-6-8-17(14)27-19(15-9-11-16(12-10-15)22(2,3)4)25-26-21(27)30-13-18(28)24-20(23)29/h5-12H,13H2,1-4H3,(H3,23,24,28,29). The molecule has 3 aromatic rings. The molecule has 156 valence electrons. The third-order valence-corrected chi connectivity index (χ3v) is 5.52. The number of nitrogens with zero attached hydrogens (tertiary/aromatic N) is 3. The topological polar surface area (TPSA) is 103 Å². The Morgan fingerprint density at radius 1 is 1.07 bits per heavy atom. The summed E-state index contributed by atoms with van der Waals surface area (Å²) >= 11 is 1.19. The van der Waals surface area contributed by atoms with Crippen molar-refractivity contribution in [1.29, 1.82) is 0 Å². The molecular weight excluding hydrogens is 398 g/mol. The number of carbonyl (C=O) groups excluding carboxylic acids is 2. The van der Waals surface area contributed by atoms with Crippen LogP contribution < -0.4 is 11.1 Å². The van der Waals surface area contributed by atoms with Gasteiger partial charge in [-0.2, -0.15) is 0 Å². The van der Waals surface area contributed by atoms with Gasteiger partial charge >= 0.3 is 6.03 Å². The highest BCUT2D eigenvalue weighted by atomic mass is 32.2. The predicted octanol–water partition coefficient (Wildman–Crippen LogP) is 3.83. The molecule has 2 aromatic carbocycles. The summed E-state index contributed by atoms with van der Waals surface area (Å²) in [7, 11) is 0. The van der Waals surface area contributed by atoms with Crippen LogP contribution in [0.5, 0.6) is 0 Å². The summed E-state index contributed by atoms with van der Waals surface area (Å²) in [6, 6.07) is 15.3. The number of hydrogen-bond donors (Lipinski definition) is 2. The molecule has 8 heteroatoms. The lowest BCUT2D eigenvalue weighted by molar-refractivity contribution is -0.117. The number of para-hydroxylation sites is 1. The third kappa shape index (κ3) is 4.88. The first-order valence-electron chi connectivity index (χ1n) is 9.51. The van der Waals surface area contributed by atoms with Gasteiger partial charge in [-0.05, 0) is 29.5 Å². The fraction of sp³-hybridized carbons (Fsp3) is 0.273. The molecule has 1 aromatic heterocycles. The van der Waals surface area contributed by atoms with E-state index < -0.39 is 11.9 Å². The number of benzene rings is 2. The van der Waals surface area contributed by atoms with Crippen molar-refractivity contribution in [3.63, 3.8) is 0 Å². The molecule has 0 aliphatic carbocycles. The highest BCUT2D eigenvalue weighted by Crippen LogP contribution is 2.31. The molecule has 0 aliphatic heterocycles. The van der Waals surface area contributed by atoms with Gasteiger partial charge in [0.1, 0.15) is 0 Å². The molecule has 3 N–H and O–H groups in total. The van der Waals surface area contributed by atoms with E-state index >= 15 is 0 Å². The predicted molar refractivity (Wildman–Crippen MR) is 119 cm³/mol. The summed E-state index contributed by atoms with van der Waals surface area (Å²) in [5.41, 5.74) is 9.19. The van der Waals surface area contributed by atoms with E-state index in [-0.39, 0.29) is 11.2 Å². The van der Waals surface area contributed by atoms with Gasteiger partial charge in [0, 0.05) is 5.56 Å². The minimum Gasteiger partial charge on any atom is -0.351 e. The zero-order valence-corrected chi connectivity index (χ0v) is 18.3. The summed E-state index contributed by atoms with van der Waals surface area (Å²) in [6.07, 6.45) is 0. The first-order valence-corrected chi connectivity index (χ1v) is 10.5. The maximum Gasteiger partial charge on any atom is 0.318 e. The van der Waals surface area contributed by atoms with E-state index in [9.17, 15) is 9.59 Å². The van der Waals surface area contributed by atoms with Crippen molar-refractivity contribution in [1.82, 2.24) is 20.1 Å². The molecule has 0 unspecified atom stereocenters. The first kappa shape index (κ1) is 21.6. The van der Waals surface area contributed by atoms with Crippen LogP contribution in [0.25, 0.3) is 17.1 Å². The van der Waals surface area contributed by atoms with Crippen LogP contribution in [0, 0.1) is 6.92 Å². The summed E-state index contributed by atoms with van der Waals surface area (Å²) in [6.45, 7) is 8.52. The van der Waals surface area contributed by atoms with Crippen molar-refractivity contribution in [2.75, 3.05) is 5.75 Å². The Morgan fingerprint density at radius 2 is 1.73 bits per heavy atom. The van der Waals surface area contributed by atoms with Crippen molar-refractivity contribution in [2.45, 2.75) is 38.3 Å². The fourth-order valence-corrected chi connectivity index (χ4v) is 3.75. The number of aromatic nitrogens is 3. The average molecular weight is 424 g/mol. The number of nitrogens with two attached hydrogens (primary N) is 1.